The van der Waals surface area contributed by atoms with Gasteiger partial charge in [-0.2, -0.15) is 0 Å². The maximum absolute atomic E-state index is 12.9. The number of rotatable bonds is 5. The highest BCUT2D eigenvalue weighted by Gasteiger charge is 2.49. The average Bonchev–Trinajstić information content (AvgIpc) is 2.92. The molecule has 0 unspecified atom stereocenters. The number of nitrogens with zero attached hydrogens (tertiary/aromatic N) is 1. The lowest BCUT2D eigenvalue weighted by Gasteiger charge is -2.40. The minimum absolute atomic E-state index is 0.0859. The number of carbonyl (C=O) groups is 3. The van der Waals surface area contributed by atoms with Crippen molar-refractivity contribution >= 4 is 17.8 Å². The number of hydrogen-bond donors (Lipinski definition) is 2. The van der Waals surface area contributed by atoms with Crippen LogP contribution in [0.2, 0.25) is 0 Å². The van der Waals surface area contributed by atoms with Crippen LogP contribution in [0.15, 0.2) is 0 Å². The van der Waals surface area contributed by atoms with Gasteiger partial charge in [0.05, 0.1) is 0 Å². The minimum Gasteiger partial charge on any atom is -0.342 e. The number of piperidine rings is 1. The fourth-order valence-corrected chi connectivity index (χ4v) is 4.97. The fraction of sp³-hybridized carbons (Fsp3) is 0.850. The zero-order chi connectivity index (χ0) is 18.7. The molecule has 3 aliphatic rings. The summed E-state index contributed by atoms with van der Waals surface area (Å²) in [5.74, 6) is 1.16. The Morgan fingerprint density at radius 3 is 2.31 bits per heavy atom. The van der Waals surface area contributed by atoms with Gasteiger partial charge < -0.3 is 10.2 Å². The first-order valence-corrected chi connectivity index (χ1v) is 10.4. The molecule has 2 aliphatic heterocycles. The van der Waals surface area contributed by atoms with E-state index in [-0.39, 0.29) is 17.7 Å². The molecule has 6 heteroatoms. The van der Waals surface area contributed by atoms with Crippen molar-refractivity contribution in [1.29, 1.82) is 0 Å². The summed E-state index contributed by atoms with van der Waals surface area (Å²) in [6.07, 6.45) is 9.85. The molecule has 4 amide bonds. The number of likely N-dealkylation sites (tertiary alicyclic amines) is 1. The Labute approximate surface area is 156 Å². The highest BCUT2D eigenvalue weighted by atomic mass is 16.2. The van der Waals surface area contributed by atoms with Crippen molar-refractivity contribution in [3.63, 3.8) is 0 Å². The van der Waals surface area contributed by atoms with Gasteiger partial charge in [-0.05, 0) is 57.3 Å². The van der Waals surface area contributed by atoms with Crippen LogP contribution >= 0.6 is 0 Å². The van der Waals surface area contributed by atoms with Crippen LogP contribution in [0.1, 0.15) is 71.6 Å². The van der Waals surface area contributed by atoms with Gasteiger partial charge in [0.25, 0.3) is 5.91 Å². The van der Waals surface area contributed by atoms with Crippen LogP contribution in [-0.4, -0.2) is 41.4 Å². The molecular weight excluding hydrogens is 330 g/mol. The molecule has 0 aromatic rings. The topological polar surface area (TPSA) is 78.5 Å². The molecule has 146 valence electrons. The summed E-state index contributed by atoms with van der Waals surface area (Å²) >= 11 is 0. The third-order valence-electron chi connectivity index (χ3n) is 6.86. The Bertz CT molecular complexity index is 549. The first-order valence-electron chi connectivity index (χ1n) is 10.4. The second kappa shape index (κ2) is 7.97. The molecule has 0 aromatic heterocycles. The predicted octanol–water partition coefficient (Wildman–Crippen LogP) is 2.82. The molecule has 2 N–H and O–H groups in total. The summed E-state index contributed by atoms with van der Waals surface area (Å²) in [6.45, 7) is 5.42. The Hall–Kier alpha value is -1.59. The monoisotopic (exact) mass is 363 g/mol. The smallest absolute Gasteiger partial charge is 0.322 e. The molecule has 3 rings (SSSR count). The normalized spacial score (nSPS) is 33.1. The number of hydrogen-bond acceptors (Lipinski definition) is 3. The van der Waals surface area contributed by atoms with Crippen molar-refractivity contribution in [1.82, 2.24) is 15.5 Å². The molecular formula is C20H33N3O3. The largest absolute Gasteiger partial charge is 0.342 e. The molecule has 1 atom stereocenters. The molecule has 26 heavy (non-hydrogen) atoms. The van der Waals surface area contributed by atoms with Gasteiger partial charge in [0.15, 0.2) is 0 Å². The van der Waals surface area contributed by atoms with Gasteiger partial charge in [-0.15, -0.1) is 0 Å². The number of carbonyl (C=O) groups excluding carboxylic acids is 3. The number of unbranched alkanes of at least 4 members (excludes halogenated alkanes) is 1. The van der Waals surface area contributed by atoms with Crippen molar-refractivity contribution in [2.45, 2.75) is 77.2 Å². The van der Waals surface area contributed by atoms with Crippen LogP contribution in [0.4, 0.5) is 4.79 Å². The second-order valence-electron chi connectivity index (χ2n) is 8.57. The van der Waals surface area contributed by atoms with Crippen molar-refractivity contribution in [2.24, 2.45) is 17.8 Å². The van der Waals surface area contributed by atoms with Crippen LogP contribution in [0, 0.1) is 17.8 Å². The molecule has 0 radical (unpaired) electrons. The van der Waals surface area contributed by atoms with Gasteiger partial charge in [0, 0.05) is 19.0 Å². The van der Waals surface area contributed by atoms with Crippen molar-refractivity contribution < 1.29 is 14.4 Å². The summed E-state index contributed by atoms with van der Waals surface area (Å²) < 4.78 is 0. The Morgan fingerprint density at radius 1 is 1.12 bits per heavy atom. The lowest BCUT2D eigenvalue weighted by molar-refractivity contribution is -0.139. The molecule has 2 heterocycles. The highest BCUT2D eigenvalue weighted by Crippen LogP contribution is 2.35. The lowest BCUT2D eigenvalue weighted by atomic mass is 9.77. The van der Waals surface area contributed by atoms with E-state index < -0.39 is 11.6 Å². The Morgan fingerprint density at radius 2 is 1.77 bits per heavy atom. The fourth-order valence-electron chi connectivity index (χ4n) is 4.97. The SMILES string of the molecule is CCCCC1CCC(C(=O)N2CCC([C@@]3(C)NC(=O)NC3=O)CC2)CC1. The van der Waals surface area contributed by atoms with Gasteiger partial charge in [-0.1, -0.05) is 26.2 Å². The highest BCUT2D eigenvalue weighted by molar-refractivity contribution is 6.07. The quantitative estimate of drug-likeness (QED) is 0.737. The van der Waals surface area contributed by atoms with E-state index in [1.165, 1.54) is 32.1 Å². The number of urea groups is 1. The Kier molecular flexibility index (Phi) is 5.88. The van der Waals surface area contributed by atoms with Crippen LogP contribution < -0.4 is 10.6 Å². The van der Waals surface area contributed by atoms with Gasteiger partial charge in [0.2, 0.25) is 5.91 Å². The van der Waals surface area contributed by atoms with E-state index in [2.05, 4.69) is 17.6 Å². The first kappa shape index (κ1) is 19.2. The maximum atomic E-state index is 12.9. The summed E-state index contributed by atoms with van der Waals surface area (Å²) in [4.78, 5) is 38.4. The third-order valence-corrected chi connectivity index (χ3v) is 6.86. The van der Waals surface area contributed by atoms with E-state index in [9.17, 15) is 14.4 Å². The molecule has 0 spiro atoms. The van der Waals surface area contributed by atoms with Crippen LogP contribution in [0.25, 0.3) is 0 Å². The molecule has 2 saturated heterocycles. The van der Waals surface area contributed by atoms with Gasteiger partial charge in [-0.3, -0.25) is 14.9 Å². The molecule has 3 fully saturated rings. The second-order valence-corrected chi connectivity index (χ2v) is 8.57. The Balaban J connectivity index is 1.47. The van der Waals surface area contributed by atoms with Crippen molar-refractivity contribution in [2.75, 3.05) is 13.1 Å². The maximum Gasteiger partial charge on any atom is 0.322 e. The summed E-state index contributed by atoms with van der Waals surface area (Å²) in [7, 11) is 0. The zero-order valence-electron chi connectivity index (χ0n) is 16.2. The number of amides is 4. The van der Waals surface area contributed by atoms with E-state index in [1.54, 1.807) is 6.92 Å². The molecule has 6 nitrogen and oxygen atoms in total. The summed E-state index contributed by atoms with van der Waals surface area (Å²) in [5, 5.41) is 5.12. The van der Waals surface area contributed by atoms with Crippen LogP contribution in [0.3, 0.4) is 0 Å². The van der Waals surface area contributed by atoms with Gasteiger partial charge in [-0.25, -0.2) is 4.79 Å². The van der Waals surface area contributed by atoms with Crippen molar-refractivity contribution in [3.05, 3.63) is 0 Å². The summed E-state index contributed by atoms with van der Waals surface area (Å²) in [5.41, 5.74) is -0.830. The van der Waals surface area contributed by atoms with E-state index in [1.807, 2.05) is 4.90 Å². The summed E-state index contributed by atoms with van der Waals surface area (Å²) in [6, 6.07) is -0.407. The van der Waals surface area contributed by atoms with E-state index in [4.69, 9.17) is 0 Å². The van der Waals surface area contributed by atoms with Crippen LogP contribution in [-0.2, 0) is 9.59 Å². The van der Waals surface area contributed by atoms with Gasteiger partial charge in [0.1, 0.15) is 5.54 Å². The standard InChI is InChI=1S/C20H33N3O3/c1-3-4-5-14-6-8-15(9-7-14)17(24)23-12-10-16(11-13-23)20(2)18(25)21-19(26)22-20/h14-16H,3-13H2,1-2H3,(H2,21,22,25,26)/t14?,15?,20-/m1/s1. The van der Waals surface area contributed by atoms with E-state index in [0.717, 1.165) is 31.6 Å². The predicted molar refractivity (Wildman–Crippen MR) is 99.4 cm³/mol. The van der Waals surface area contributed by atoms with Crippen molar-refractivity contribution in [3.8, 4) is 0 Å². The molecule has 1 saturated carbocycles. The molecule has 1 aliphatic carbocycles. The first-order chi connectivity index (χ1) is 12.4. The van der Waals surface area contributed by atoms with E-state index in [0.29, 0.717) is 19.0 Å². The molecule has 0 aromatic carbocycles. The number of imide groups is 1. The third kappa shape index (κ3) is 3.89. The lowest BCUT2D eigenvalue weighted by Crippen LogP contribution is -2.54. The van der Waals surface area contributed by atoms with Gasteiger partial charge >= 0.3 is 6.03 Å². The van der Waals surface area contributed by atoms with E-state index >= 15 is 0 Å². The zero-order valence-corrected chi connectivity index (χ0v) is 16.2. The number of nitrogens with one attached hydrogen (secondary N) is 2. The van der Waals surface area contributed by atoms with Crippen LogP contribution in [0.5, 0.6) is 0 Å². The minimum atomic E-state index is -0.830. The molecule has 0 bridgehead atoms. The average molecular weight is 364 g/mol.